The van der Waals surface area contributed by atoms with Crippen LogP contribution >= 0.6 is 12.2 Å². The standard InChI is InChI=1S/C26H22N2O4S/c1-16-4-9-19(10-5-16)27-24(30)21(14-18-8-13-22(29)23(15-18)32-3)25(31)28(26(27)33)20-11-6-17(2)7-12-20/h4-15,29H,1-3H3. The van der Waals surface area contributed by atoms with Gasteiger partial charge < -0.3 is 9.84 Å². The van der Waals surface area contributed by atoms with E-state index < -0.39 is 11.8 Å². The van der Waals surface area contributed by atoms with Crippen molar-refractivity contribution < 1.29 is 19.4 Å². The van der Waals surface area contributed by atoms with Crippen LogP contribution in [0.5, 0.6) is 11.5 Å². The quantitative estimate of drug-likeness (QED) is 0.347. The molecule has 0 spiro atoms. The summed E-state index contributed by atoms with van der Waals surface area (Å²) in [5.74, 6) is -0.848. The van der Waals surface area contributed by atoms with Crippen LogP contribution in [0, 0.1) is 13.8 Å². The average Bonchev–Trinajstić information content (AvgIpc) is 2.80. The fourth-order valence-corrected chi connectivity index (χ4v) is 3.90. The molecule has 1 aliphatic rings. The predicted molar refractivity (Wildman–Crippen MR) is 133 cm³/mol. The molecule has 7 heteroatoms. The van der Waals surface area contributed by atoms with Crippen molar-refractivity contribution in [2.45, 2.75) is 13.8 Å². The second kappa shape index (κ2) is 8.88. The van der Waals surface area contributed by atoms with Gasteiger partial charge >= 0.3 is 0 Å². The average molecular weight is 459 g/mol. The Hall–Kier alpha value is -3.97. The first kappa shape index (κ1) is 22.2. The molecular formula is C26H22N2O4S. The number of phenolic OH excluding ortho intramolecular Hbond substituents is 1. The van der Waals surface area contributed by atoms with Crippen molar-refractivity contribution in [2.24, 2.45) is 0 Å². The van der Waals surface area contributed by atoms with E-state index in [4.69, 9.17) is 17.0 Å². The number of thiocarbonyl (C=S) groups is 1. The van der Waals surface area contributed by atoms with Gasteiger partial charge in [-0.15, -0.1) is 0 Å². The number of anilines is 2. The lowest BCUT2D eigenvalue weighted by Gasteiger charge is -2.36. The highest BCUT2D eigenvalue weighted by Crippen LogP contribution is 2.32. The topological polar surface area (TPSA) is 70.1 Å². The van der Waals surface area contributed by atoms with E-state index in [1.54, 1.807) is 36.4 Å². The van der Waals surface area contributed by atoms with Gasteiger partial charge in [-0.05, 0) is 74.1 Å². The second-order valence-corrected chi connectivity index (χ2v) is 8.09. The van der Waals surface area contributed by atoms with Gasteiger partial charge in [0.05, 0.1) is 18.5 Å². The Morgan fingerprint density at radius 3 is 1.76 bits per heavy atom. The van der Waals surface area contributed by atoms with Gasteiger partial charge in [-0.2, -0.15) is 0 Å². The number of nitrogens with zero attached hydrogens (tertiary/aromatic N) is 2. The van der Waals surface area contributed by atoms with E-state index >= 15 is 0 Å². The van der Waals surface area contributed by atoms with E-state index in [9.17, 15) is 14.7 Å². The van der Waals surface area contributed by atoms with E-state index in [0.29, 0.717) is 16.9 Å². The number of aromatic hydroxyl groups is 1. The smallest absolute Gasteiger partial charge is 0.270 e. The second-order valence-electron chi connectivity index (χ2n) is 7.72. The first-order valence-electron chi connectivity index (χ1n) is 10.2. The molecule has 0 aliphatic carbocycles. The number of amides is 2. The fourth-order valence-electron chi connectivity index (χ4n) is 3.52. The van der Waals surface area contributed by atoms with Crippen molar-refractivity contribution >= 4 is 46.6 Å². The summed E-state index contributed by atoms with van der Waals surface area (Å²) >= 11 is 5.64. The first-order valence-corrected chi connectivity index (χ1v) is 10.7. The van der Waals surface area contributed by atoms with Crippen molar-refractivity contribution in [1.29, 1.82) is 0 Å². The van der Waals surface area contributed by atoms with Crippen molar-refractivity contribution in [3.05, 3.63) is 89.0 Å². The normalized spacial score (nSPS) is 14.0. The van der Waals surface area contributed by atoms with Crippen molar-refractivity contribution in [3.63, 3.8) is 0 Å². The summed E-state index contributed by atoms with van der Waals surface area (Å²) in [6.07, 6.45) is 1.48. The number of ether oxygens (including phenoxy) is 1. The van der Waals surface area contributed by atoms with Crippen LogP contribution in [0.4, 0.5) is 11.4 Å². The summed E-state index contributed by atoms with van der Waals surface area (Å²) < 4.78 is 5.16. The molecule has 4 rings (SSSR count). The number of rotatable bonds is 4. The molecule has 6 nitrogen and oxygen atoms in total. The third-order valence-electron chi connectivity index (χ3n) is 5.35. The molecular weight excluding hydrogens is 436 g/mol. The van der Waals surface area contributed by atoms with Crippen LogP contribution in [0.1, 0.15) is 16.7 Å². The maximum atomic E-state index is 13.5. The van der Waals surface area contributed by atoms with Crippen LogP contribution in [0.15, 0.2) is 72.3 Å². The third-order valence-corrected chi connectivity index (χ3v) is 5.71. The van der Waals surface area contributed by atoms with Crippen molar-refractivity contribution in [3.8, 4) is 11.5 Å². The van der Waals surface area contributed by atoms with Crippen LogP contribution in [0.3, 0.4) is 0 Å². The largest absolute Gasteiger partial charge is 0.504 e. The van der Waals surface area contributed by atoms with Gasteiger partial charge in [0.2, 0.25) is 0 Å². The van der Waals surface area contributed by atoms with Gasteiger partial charge in [0, 0.05) is 0 Å². The van der Waals surface area contributed by atoms with E-state index in [1.165, 1.54) is 29.1 Å². The van der Waals surface area contributed by atoms with Crippen LogP contribution in [0.25, 0.3) is 6.08 Å². The molecule has 2 amide bonds. The molecule has 3 aromatic carbocycles. The summed E-state index contributed by atoms with van der Waals surface area (Å²) in [4.78, 5) is 29.8. The monoisotopic (exact) mass is 458 g/mol. The molecule has 1 aliphatic heterocycles. The predicted octanol–water partition coefficient (Wildman–Crippen LogP) is 4.77. The molecule has 33 heavy (non-hydrogen) atoms. The molecule has 166 valence electrons. The summed E-state index contributed by atoms with van der Waals surface area (Å²) in [5.41, 5.74) is 3.67. The molecule has 0 saturated carbocycles. The Labute approximate surface area is 197 Å². The highest BCUT2D eigenvalue weighted by Gasteiger charge is 2.41. The molecule has 1 fully saturated rings. The highest BCUT2D eigenvalue weighted by molar-refractivity contribution is 7.81. The molecule has 0 unspecified atom stereocenters. The maximum absolute atomic E-state index is 13.5. The minimum atomic E-state index is -0.524. The Bertz CT molecular complexity index is 1210. The highest BCUT2D eigenvalue weighted by atomic mass is 32.1. The van der Waals surface area contributed by atoms with Crippen molar-refractivity contribution in [2.75, 3.05) is 16.9 Å². The van der Waals surface area contributed by atoms with Gasteiger partial charge in [-0.1, -0.05) is 41.5 Å². The summed E-state index contributed by atoms with van der Waals surface area (Å²) in [6, 6.07) is 19.3. The summed E-state index contributed by atoms with van der Waals surface area (Å²) in [7, 11) is 1.43. The van der Waals surface area contributed by atoms with Gasteiger partial charge in [0.15, 0.2) is 16.6 Å². The lowest BCUT2D eigenvalue weighted by atomic mass is 10.0. The Kier molecular flexibility index (Phi) is 5.98. The van der Waals surface area contributed by atoms with Gasteiger partial charge in [-0.25, -0.2) is 0 Å². The molecule has 3 aromatic rings. The van der Waals surface area contributed by atoms with E-state index in [2.05, 4.69) is 0 Å². The van der Waals surface area contributed by atoms with E-state index in [1.807, 2.05) is 38.1 Å². The third kappa shape index (κ3) is 4.23. The molecule has 0 bridgehead atoms. The Morgan fingerprint density at radius 2 is 1.30 bits per heavy atom. The molecule has 0 atom stereocenters. The number of benzene rings is 3. The number of aryl methyl sites for hydroxylation is 2. The molecule has 1 heterocycles. The number of phenols is 1. The van der Waals surface area contributed by atoms with E-state index in [0.717, 1.165) is 11.1 Å². The first-order chi connectivity index (χ1) is 15.8. The fraction of sp³-hybridized carbons (Fsp3) is 0.115. The minimum Gasteiger partial charge on any atom is -0.504 e. The van der Waals surface area contributed by atoms with Crippen LogP contribution in [-0.2, 0) is 9.59 Å². The van der Waals surface area contributed by atoms with Gasteiger partial charge in [0.1, 0.15) is 5.57 Å². The number of carbonyl (C=O) groups is 2. The molecule has 1 saturated heterocycles. The summed E-state index contributed by atoms with van der Waals surface area (Å²) in [6.45, 7) is 3.90. The zero-order valence-corrected chi connectivity index (χ0v) is 19.2. The lowest BCUT2D eigenvalue weighted by Crippen LogP contribution is -2.56. The van der Waals surface area contributed by atoms with Crippen molar-refractivity contribution in [1.82, 2.24) is 0 Å². The van der Waals surface area contributed by atoms with E-state index in [-0.39, 0.29) is 22.2 Å². The number of hydrogen-bond donors (Lipinski definition) is 1. The maximum Gasteiger partial charge on any atom is 0.270 e. The number of hydrogen-bond acceptors (Lipinski definition) is 5. The summed E-state index contributed by atoms with van der Waals surface area (Å²) in [5, 5.41) is 9.97. The Morgan fingerprint density at radius 1 is 0.818 bits per heavy atom. The van der Waals surface area contributed by atoms with Gasteiger partial charge in [0.25, 0.3) is 11.8 Å². The van der Waals surface area contributed by atoms with Crippen LogP contribution < -0.4 is 14.5 Å². The zero-order chi connectivity index (χ0) is 23.7. The lowest BCUT2D eigenvalue weighted by molar-refractivity contribution is -0.120. The SMILES string of the molecule is COc1cc(C=C2C(=O)N(c3ccc(C)cc3)C(=S)N(c3ccc(C)cc3)C2=O)ccc1O. The van der Waals surface area contributed by atoms with Gasteiger partial charge in [-0.3, -0.25) is 19.4 Å². The Balaban J connectivity index is 1.86. The zero-order valence-electron chi connectivity index (χ0n) is 18.4. The molecule has 0 aromatic heterocycles. The minimum absolute atomic E-state index is 0.0373. The van der Waals surface area contributed by atoms with Crippen LogP contribution in [0.2, 0.25) is 0 Å². The molecule has 0 radical (unpaired) electrons. The number of methoxy groups -OCH3 is 1. The number of carbonyl (C=O) groups excluding carboxylic acids is 2. The van der Waals surface area contributed by atoms with Crippen LogP contribution in [-0.4, -0.2) is 29.1 Å². The molecule has 1 N–H and O–H groups in total.